The van der Waals surface area contributed by atoms with Crippen molar-refractivity contribution in [3.63, 3.8) is 0 Å². The molecule has 4 bridgehead atoms. The van der Waals surface area contributed by atoms with Crippen LogP contribution in [-0.2, 0) is 38.1 Å². The molecule has 0 amide bonds. The number of fused-ring (bicyclic) bond motifs is 1. The van der Waals surface area contributed by atoms with Gasteiger partial charge < -0.3 is 18.9 Å². The standard InChI is InChI=1S/C18H26O6.C9H15F3O2/c1-4-18(2,3)17(21)22-9-14(19)24-15-11-5-10-6-12(8-11)16(20)23-13(15)7-10;1-4-8(2,3)7(13)14-6-5-9(10,11)12/h10-13,15H,4-9H2,1-3H3;4-6H2,1-3H3. The van der Waals surface area contributed by atoms with E-state index in [0.29, 0.717) is 18.8 Å². The second kappa shape index (κ2) is 12.7. The van der Waals surface area contributed by atoms with Gasteiger partial charge in [0.1, 0.15) is 12.2 Å². The van der Waals surface area contributed by atoms with Crippen LogP contribution in [0.15, 0.2) is 0 Å². The molecular formula is C27H41F3O8. The maximum absolute atomic E-state index is 12.1. The fourth-order valence-electron chi connectivity index (χ4n) is 4.69. The van der Waals surface area contributed by atoms with Crippen molar-refractivity contribution in [3.05, 3.63) is 0 Å². The van der Waals surface area contributed by atoms with E-state index >= 15 is 0 Å². The fraction of sp³-hybridized carbons (Fsp3) is 0.852. The summed E-state index contributed by atoms with van der Waals surface area (Å²) in [7, 11) is 0. The number of halogens is 3. The van der Waals surface area contributed by atoms with Crippen molar-refractivity contribution < 1.29 is 51.3 Å². The van der Waals surface area contributed by atoms with Crippen LogP contribution in [0.2, 0.25) is 0 Å². The second-order valence-electron chi connectivity index (χ2n) is 11.7. The van der Waals surface area contributed by atoms with Crippen LogP contribution in [0.3, 0.4) is 0 Å². The molecule has 0 radical (unpaired) electrons. The summed E-state index contributed by atoms with van der Waals surface area (Å²) in [4.78, 5) is 47.3. The highest BCUT2D eigenvalue weighted by Gasteiger charge is 2.51. The Morgan fingerprint density at radius 1 is 0.895 bits per heavy atom. The topological polar surface area (TPSA) is 105 Å². The van der Waals surface area contributed by atoms with Gasteiger partial charge in [0.15, 0.2) is 6.61 Å². The minimum absolute atomic E-state index is 0.0503. The third kappa shape index (κ3) is 8.86. The van der Waals surface area contributed by atoms with Gasteiger partial charge in [-0.25, -0.2) is 4.79 Å². The second-order valence-corrected chi connectivity index (χ2v) is 11.7. The van der Waals surface area contributed by atoms with Gasteiger partial charge >= 0.3 is 30.1 Å². The number of rotatable bonds is 9. The maximum Gasteiger partial charge on any atom is 0.392 e. The largest absolute Gasteiger partial charge is 0.465 e. The lowest BCUT2D eigenvalue weighted by Crippen LogP contribution is -2.45. The molecule has 0 spiro atoms. The van der Waals surface area contributed by atoms with E-state index in [4.69, 9.17) is 14.2 Å². The van der Waals surface area contributed by atoms with Crippen molar-refractivity contribution in [1.29, 1.82) is 0 Å². The van der Waals surface area contributed by atoms with Crippen LogP contribution < -0.4 is 0 Å². The molecule has 2 aliphatic carbocycles. The van der Waals surface area contributed by atoms with E-state index in [-0.39, 0.29) is 30.5 Å². The van der Waals surface area contributed by atoms with E-state index < -0.39 is 54.0 Å². The molecule has 5 atom stereocenters. The molecule has 38 heavy (non-hydrogen) atoms. The lowest BCUT2D eigenvalue weighted by molar-refractivity contribution is -0.180. The summed E-state index contributed by atoms with van der Waals surface area (Å²) in [5.41, 5.74) is -1.32. The molecule has 4 rings (SSSR count). The molecule has 4 aliphatic rings. The highest BCUT2D eigenvalue weighted by molar-refractivity contribution is 5.80. The van der Waals surface area contributed by atoms with Crippen LogP contribution in [0.4, 0.5) is 13.2 Å². The third-order valence-electron chi connectivity index (χ3n) is 7.92. The predicted molar refractivity (Wildman–Crippen MR) is 129 cm³/mol. The van der Waals surface area contributed by atoms with E-state index in [0.717, 1.165) is 25.7 Å². The van der Waals surface area contributed by atoms with E-state index in [9.17, 15) is 32.3 Å². The van der Waals surface area contributed by atoms with Crippen molar-refractivity contribution in [2.45, 2.75) is 105 Å². The molecule has 0 N–H and O–H groups in total. The van der Waals surface area contributed by atoms with Gasteiger partial charge in [0.2, 0.25) is 0 Å². The van der Waals surface area contributed by atoms with Crippen molar-refractivity contribution in [2.24, 2.45) is 28.6 Å². The van der Waals surface area contributed by atoms with Crippen LogP contribution in [0.25, 0.3) is 0 Å². The molecule has 2 heterocycles. The van der Waals surface area contributed by atoms with Crippen LogP contribution in [0.1, 0.15) is 86.5 Å². The Labute approximate surface area is 222 Å². The molecule has 4 fully saturated rings. The van der Waals surface area contributed by atoms with Crippen LogP contribution in [-0.4, -0.2) is 55.5 Å². The van der Waals surface area contributed by atoms with E-state index in [1.54, 1.807) is 34.6 Å². The molecule has 11 heteroatoms. The first kappa shape index (κ1) is 31.9. The number of hydrogen-bond donors (Lipinski definition) is 0. The normalized spacial score (nSPS) is 26.4. The molecule has 5 unspecified atom stereocenters. The minimum Gasteiger partial charge on any atom is -0.465 e. The molecule has 2 aliphatic heterocycles. The van der Waals surface area contributed by atoms with Crippen LogP contribution in [0.5, 0.6) is 0 Å². The Morgan fingerprint density at radius 2 is 1.47 bits per heavy atom. The van der Waals surface area contributed by atoms with Gasteiger partial charge in [0.25, 0.3) is 0 Å². The maximum atomic E-state index is 12.1. The summed E-state index contributed by atoms with van der Waals surface area (Å²) in [6.07, 6.45) is -1.56. The molecule has 0 aromatic carbocycles. The lowest BCUT2D eigenvalue weighted by Gasteiger charge is -2.41. The van der Waals surface area contributed by atoms with Gasteiger partial charge in [0.05, 0.1) is 29.8 Å². The molecule has 0 aromatic rings. The fourth-order valence-corrected chi connectivity index (χ4v) is 4.69. The number of alkyl halides is 3. The Bertz CT molecular complexity index is 867. The zero-order valence-corrected chi connectivity index (χ0v) is 23.2. The quantitative estimate of drug-likeness (QED) is 0.287. The van der Waals surface area contributed by atoms with Crippen LogP contribution in [0, 0.1) is 28.6 Å². The number of hydrogen-bond acceptors (Lipinski definition) is 8. The average Bonchev–Trinajstić information content (AvgIpc) is 2.99. The first-order chi connectivity index (χ1) is 17.5. The Kier molecular flexibility index (Phi) is 10.6. The van der Waals surface area contributed by atoms with Gasteiger partial charge in [-0.2, -0.15) is 13.2 Å². The molecular weight excluding hydrogens is 509 g/mol. The zero-order valence-electron chi connectivity index (χ0n) is 23.2. The van der Waals surface area contributed by atoms with Crippen LogP contribution >= 0.6 is 0 Å². The number of carbonyl (C=O) groups excluding carboxylic acids is 4. The number of esters is 4. The summed E-state index contributed by atoms with van der Waals surface area (Å²) in [5.74, 6) is -1.09. The molecule has 0 aromatic heterocycles. The SMILES string of the molecule is CCC(C)(C)C(=O)OCC(=O)OC1C2CC3CC(C2)C(=O)OC1C3.CCC(C)(C)C(=O)OCCC(F)(F)F. The molecule has 218 valence electrons. The summed E-state index contributed by atoms with van der Waals surface area (Å²) in [6, 6.07) is 0. The number of ether oxygens (including phenoxy) is 4. The van der Waals surface area contributed by atoms with E-state index in [1.165, 1.54) is 0 Å². The predicted octanol–water partition coefficient (Wildman–Crippen LogP) is 5.16. The lowest BCUT2D eigenvalue weighted by atomic mass is 9.67. The van der Waals surface area contributed by atoms with Crippen molar-refractivity contribution in [3.8, 4) is 0 Å². The zero-order chi connectivity index (χ0) is 28.9. The third-order valence-corrected chi connectivity index (χ3v) is 7.92. The molecule has 2 saturated carbocycles. The smallest absolute Gasteiger partial charge is 0.392 e. The molecule has 8 nitrogen and oxygen atoms in total. The first-order valence-electron chi connectivity index (χ1n) is 13.3. The Morgan fingerprint density at radius 3 is 2.03 bits per heavy atom. The molecule has 2 saturated heterocycles. The van der Waals surface area contributed by atoms with Gasteiger partial charge in [-0.15, -0.1) is 0 Å². The van der Waals surface area contributed by atoms with Gasteiger partial charge in [-0.1, -0.05) is 13.8 Å². The van der Waals surface area contributed by atoms with Crippen molar-refractivity contribution in [1.82, 2.24) is 0 Å². The summed E-state index contributed by atoms with van der Waals surface area (Å²) in [5, 5.41) is 0. The van der Waals surface area contributed by atoms with Gasteiger partial charge in [0, 0.05) is 5.92 Å². The van der Waals surface area contributed by atoms with Gasteiger partial charge in [-0.05, 0) is 72.1 Å². The highest BCUT2D eigenvalue weighted by Crippen LogP contribution is 2.48. The monoisotopic (exact) mass is 550 g/mol. The average molecular weight is 551 g/mol. The Hall–Kier alpha value is -2.33. The first-order valence-corrected chi connectivity index (χ1v) is 13.3. The van der Waals surface area contributed by atoms with E-state index in [1.807, 2.05) is 6.92 Å². The minimum atomic E-state index is -4.27. The highest BCUT2D eigenvalue weighted by atomic mass is 19.4. The van der Waals surface area contributed by atoms with E-state index in [2.05, 4.69) is 4.74 Å². The van der Waals surface area contributed by atoms with Gasteiger partial charge in [-0.3, -0.25) is 14.4 Å². The summed E-state index contributed by atoms with van der Waals surface area (Å²) >= 11 is 0. The summed E-state index contributed by atoms with van der Waals surface area (Å²) < 4.78 is 55.8. The van der Waals surface area contributed by atoms with Crippen molar-refractivity contribution >= 4 is 23.9 Å². The summed E-state index contributed by atoms with van der Waals surface area (Å²) in [6.45, 7) is 9.54. The Balaban J connectivity index is 0.000000312. The van der Waals surface area contributed by atoms with Crippen molar-refractivity contribution in [2.75, 3.05) is 13.2 Å². The number of carbonyl (C=O) groups is 4.